The van der Waals surface area contributed by atoms with E-state index in [0.29, 0.717) is 6.61 Å². The van der Waals surface area contributed by atoms with Crippen molar-refractivity contribution in [2.75, 3.05) is 13.7 Å². The Morgan fingerprint density at radius 1 is 1.53 bits per heavy atom. The Morgan fingerprint density at radius 3 is 2.80 bits per heavy atom. The van der Waals surface area contributed by atoms with Gasteiger partial charge in [0, 0.05) is 24.6 Å². The van der Waals surface area contributed by atoms with Crippen molar-refractivity contribution in [3.8, 4) is 0 Å². The van der Waals surface area contributed by atoms with Crippen LogP contribution in [-0.2, 0) is 17.7 Å². The first-order valence-electron chi connectivity index (χ1n) is 5.24. The van der Waals surface area contributed by atoms with Crippen LogP contribution in [0.25, 0.3) is 0 Å². The second-order valence-electron chi connectivity index (χ2n) is 4.26. The van der Waals surface area contributed by atoms with E-state index in [-0.39, 0.29) is 5.54 Å². The van der Waals surface area contributed by atoms with Crippen molar-refractivity contribution >= 4 is 11.3 Å². The normalized spacial score (nSPS) is 12.0. The largest absolute Gasteiger partial charge is 0.383 e. The van der Waals surface area contributed by atoms with Crippen LogP contribution in [0.1, 0.15) is 31.5 Å². The van der Waals surface area contributed by atoms with Crippen LogP contribution in [0.3, 0.4) is 0 Å². The lowest BCUT2D eigenvalue weighted by atomic mass is 10.1. The minimum absolute atomic E-state index is 0.00471. The van der Waals surface area contributed by atoms with E-state index in [4.69, 9.17) is 4.74 Å². The number of hydrogen-bond acceptors (Lipinski definition) is 4. The molecule has 1 aromatic heterocycles. The number of methoxy groups -OCH3 is 1. The third-order valence-corrected chi connectivity index (χ3v) is 3.20. The second kappa shape index (κ2) is 5.58. The summed E-state index contributed by atoms with van der Waals surface area (Å²) in [4.78, 5) is 4.51. The fourth-order valence-corrected chi connectivity index (χ4v) is 2.08. The van der Waals surface area contributed by atoms with Gasteiger partial charge < -0.3 is 10.1 Å². The Morgan fingerprint density at radius 2 is 2.27 bits per heavy atom. The maximum Gasteiger partial charge on any atom is 0.0926 e. The molecule has 0 aromatic carbocycles. The van der Waals surface area contributed by atoms with Crippen LogP contribution in [-0.4, -0.2) is 24.2 Å². The molecule has 86 valence electrons. The van der Waals surface area contributed by atoms with Gasteiger partial charge in [-0.1, -0.05) is 6.92 Å². The Balaban J connectivity index is 2.42. The summed E-state index contributed by atoms with van der Waals surface area (Å²) < 4.78 is 5.14. The fourth-order valence-electron chi connectivity index (χ4n) is 1.33. The maximum atomic E-state index is 5.14. The molecule has 1 N–H and O–H groups in total. The molecule has 1 rings (SSSR count). The number of aryl methyl sites for hydroxylation is 1. The summed E-state index contributed by atoms with van der Waals surface area (Å²) in [6, 6.07) is 0. The van der Waals surface area contributed by atoms with Crippen molar-refractivity contribution in [3.05, 3.63) is 16.1 Å². The van der Waals surface area contributed by atoms with Crippen LogP contribution in [0.2, 0.25) is 0 Å². The molecule has 3 nitrogen and oxygen atoms in total. The van der Waals surface area contributed by atoms with Crippen molar-refractivity contribution in [1.29, 1.82) is 0 Å². The van der Waals surface area contributed by atoms with Crippen LogP contribution < -0.4 is 5.32 Å². The molecular formula is C11H20N2OS. The summed E-state index contributed by atoms with van der Waals surface area (Å²) in [6.07, 6.45) is 1.02. The lowest BCUT2D eigenvalue weighted by Gasteiger charge is -2.24. The smallest absolute Gasteiger partial charge is 0.0926 e. The molecule has 0 aliphatic rings. The molecule has 0 amide bonds. The quantitative estimate of drug-likeness (QED) is 0.810. The van der Waals surface area contributed by atoms with E-state index in [1.807, 2.05) is 0 Å². The molecule has 15 heavy (non-hydrogen) atoms. The number of nitrogens with one attached hydrogen (secondary N) is 1. The Hall–Kier alpha value is -0.450. The Bertz CT molecular complexity index is 297. The minimum atomic E-state index is 0.00471. The van der Waals surface area contributed by atoms with Crippen molar-refractivity contribution in [3.63, 3.8) is 0 Å². The number of rotatable bonds is 6. The van der Waals surface area contributed by atoms with Crippen LogP contribution in [0.15, 0.2) is 5.38 Å². The second-order valence-corrected chi connectivity index (χ2v) is 5.20. The van der Waals surface area contributed by atoms with Gasteiger partial charge in [-0.15, -0.1) is 11.3 Å². The van der Waals surface area contributed by atoms with Gasteiger partial charge in [0.25, 0.3) is 0 Å². The molecule has 0 saturated carbocycles. The maximum absolute atomic E-state index is 5.14. The van der Waals surface area contributed by atoms with Gasteiger partial charge in [-0.2, -0.15) is 0 Å². The molecule has 0 aliphatic heterocycles. The standard InChI is InChI=1S/C11H20N2OS/c1-5-10-13-9(7-15-10)6-12-11(2,3)8-14-4/h7,12H,5-6,8H2,1-4H3. The highest BCUT2D eigenvalue weighted by molar-refractivity contribution is 7.09. The molecule has 0 radical (unpaired) electrons. The summed E-state index contributed by atoms with van der Waals surface area (Å²) in [5.74, 6) is 0. The van der Waals surface area contributed by atoms with Crippen LogP contribution in [0.4, 0.5) is 0 Å². The predicted molar refractivity (Wildman–Crippen MR) is 64.3 cm³/mol. The first kappa shape index (κ1) is 12.6. The average Bonchev–Trinajstić information content (AvgIpc) is 2.62. The SMILES string of the molecule is CCc1nc(CNC(C)(C)COC)cs1. The van der Waals surface area contributed by atoms with E-state index in [1.165, 1.54) is 5.01 Å². The molecule has 1 heterocycles. The molecular weight excluding hydrogens is 208 g/mol. The van der Waals surface area contributed by atoms with E-state index < -0.39 is 0 Å². The van der Waals surface area contributed by atoms with Crippen molar-refractivity contribution in [2.45, 2.75) is 39.3 Å². The van der Waals surface area contributed by atoms with Gasteiger partial charge in [-0.05, 0) is 20.3 Å². The van der Waals surface area contributed by atoms with E-state index in [2.05, 4.69) is 36.5 Å². The summed E-state index contributed by atoms with van der Waals surface area (Å²) in [6.45, 7) is 7.91. The number of hydrogen-bond donors (Lipinski definition) is 1. The highest BCUT2D eigenvalue weighted by Gasteiger charge is 2.16. The molecule has 0 saturated heterocycles. The monoisotopic (exact) mass is 228 g/mol. The van der Waals surface area contributed by atoms with Crippen molar-refractivity contribution in [1.82, 2.24) is 10.3 Å². The summed E-state index contributed by atoms with van der Waals surface area (Å²) in [5, 5.41) is 6.76. The van der Waals surface area contributed by atoms with Gasteiger partial charge in [-0.25, -0.2) is 4.98 Å². The zero-order chi connectivity index (χ0) is 11.3. The minimum Gasteiger partial charge on any atom is -0.383 e. The van der Waals surface area contributed by atoms with Crippen molar-refractivity contribution in [2.24, 2.45) is 0 Å². The number of nitrogens with zero attached hydrogens (tertiary/aromatic N) is 1. The van der Waals surface area contributed by atoms with Gasteiger partial charge in [0.15, 0.2) is 0 Å². The third-order valence-electron chi connectivity index (χ3n) is 2.16. The fraction of sp³-hybridized carbons (Fsp3) is 0.727. The number of aromatic nitrogens is 1. The molecule has 0 aliphatic carbocycles. The highest BCUT2D eigenvalue weighted by Crippen LogP contribution is 2.11. The van der Waals surface area contributed by atoms with Gasteiger partial charge in [0.1, 0.15) is 0 Å². The first-order chi connectivity index (χ1) is 7.07. The van der Waals surface area contributed by atoms with E-state index in [0.717, 1.165) is 18.7 Å². The van der Waals surface area contributed by atoms with E-state index in [9.17, 15) is 0 Å². The summed E-state index contributed by atoms with van der Waals surface area (Å²) in [5.41, 5.74) is 1.13. The van der Waals surface area contributed by atoms with Gasteiger partial charge in [-0.3, -0.25) is 0 Å². The molecule has 0 fully saturated rings. The van der Waals surface area contributed by atoms with Gasteiger partial charge in [0.2, 0.25) is 0 Å². The van der Waals surface area contributed by atoms with Crippen molar-refractivity contribution < 1.29 is 4.74 Å². The van der Waals surface area contributed by atoms with E-state index in [1.54, 1.807) is 18.4 Å². The zero-order valence-electron chi connectivity index (χ0n) is 9.96. The molecule has 4 heteroatoms. The summed E-state index contributed by atoms with van der Waals surface area (Å²) >= 11 is 1.73. The topological polar surface area (TPSA) is 34.2 Å². The number of thiazole rings is 1. The van der Waals surface area contributed by atoms with Gasteiger partial charge >= 0.3 is 0 Å². The lowest BCUT2D eigenvalue weighted by Crippen LogP contribution is -2.42. The lowest BCUT2D eigenvalue weighted by molar-refractivity contribution is 0.127. The summed E-state index contributed by atoms with van der Waals surface area (Å²) in [7, 11) is 1.72. The third kappa shape index (κ3) is 4.28. The first-order valence-corrected chi connectivity index (χ1v) is 6.12. The average molecular weight is 228 g/mol. The van der Waals surface area contributed by atoms with Crippen LogP contribution in [0.5, 0.6) is 0 Å². The number of ether oxygens (including phenoxy) is 1. The Kier molecular flexibility index (Phi) is 4.70. The zero-order valence-corrected chi connectivity index (χ0v) is 10.8. The highest BCUT2D eigenvalue weighted by atomic mass is 32.1. The molecule has 0 spiro atoms. The van der Waals surface area contributed by atoms with Crippen LogP contribution in [0, 0.1) is 0 Å². The van der Waals surface area contributed by atoms with E-state index >= 15 is 0 Å². The van der Waals surface area contributed by atoms with Gasteiger partial charge in [0.05, 0.1) is 17.3 Å². The molecule has 0 atom stereocenters. The predicted octanol–water partition coefficient (Wildman–Crippen LogP) is 2.22. The molecule has 0 bridgehead atoms. The molecule has 1 aromatic rings. The van der Waals surface area contributed by atoms with Crippen LogP contribution >= 0.6 is 11.3 Å². The molecule has 0 unspecified atom stereocenters. The Labute approximate surface area is 95.9 Å².